The fourth-order valence-corrected chi connectivity index (χ4v) is 2.95. The molecule has 4 heteroatoms. The second kappa shape index (κ2) is 9.33. The van der Waals surface area contributed by atoms with Crippen molar-refractivity contribution in [2.24, 2.45) is 0 Å². The van der Waals surface area contributed by atoms with Crippen molar-refractivity contribution in [1.82, 2.24) is 4.90 Å². The SMILES string of the molecule is CCCCCCCC(=O)Nc1cccc(C(=O)N2CCCC2)c1. The van der Waals surface area contributed by atoms with Crippen LogP contribution in [0.1, 0.15) is 68.6 Å². The Bertz CT molecular complexity index is 522. The van der Waals surface area contributed by atoms with Crippen LogP contribution in [0.25, 0.3) is 0 Å². The Hall–Kier alpha value is -1.84. The van der Waals surface area contributed by atoms with Crippen molar-refractivity contribution in [2.45, 2.75) is 58.3 Å². The van der Waals surface area contributed by atoms with Crippen LogP contribution in [0, 0.1) is 0 Å². The second-order valence-corrected chi connectivity index (χ2v) is 6.29. The van der Waals surface area contributed by atoms with Gasteiger partial charge in [-0.1, -0.05) is 38.7 Å². The van der Waals surface area contributed by atoms with Gasteiger partial charge in [-0.15, -0.1) is 0 Å². The van der Waals surface area contributed by atoms with Crippen LogP contribution in [0.4, 0.5) is 5.69 Å². The van der Waals surface area contributed by atoms with Gasteiger partial charge in [-0.2, -0.15) is 0 Å². The largest absolute Gasteiger partial charge is 0.339 e. The van der Waals surface area contributed by atoms with Gasteiger partial charge in [0, 0.05) is 30.8 Å². The molecule has 1 aliphatic rings. The van der Waals surface area contributed by atoms with Crippen LogP contribution in [-0.2, 0) is 4.79 Å². The zero-order valence-electron chi connectivity index (χ0n) is 14.1. The molecule has 2 rings (SSSR count). The van der Waals surface area contributed by atoms with Crippen molar-refractivity contribution >= 4 is 17.5 Å². The minimum atomic E-state index is 0.0345. The highest BCUT2D eigenvalue weighted by Gasteiger charge is 2.19. The molecule has 0 unspecified atom stereocenters. The molecule has 23 heavy (non-hydrogen) atoms. The zero-order valence-corrected chi connectivity index (χ0v) is 14.1. The quantitative estimate of drug-likeness (QED) is 0.730. The summed E-state index contributed by atoms with van der Waals surface area (Å²) in [6, 6.07) is 7.28. The van der Waals surface area contributed by atoms with Crippen molar-refractivity contribution in [1.29, 1.82) is 0 Å². The van der Waals surface area contributed by atoms with E-state index in [4.69, 9.17) is 0 Å². The van der Waals surface area contributed by atoms with E-state index in [-0.39, 0.29) is 11.8 Å². The Morgan fingerprint density at radius 2 is 1.83 bits per heavy atom. The molecule has 0 aromatic heterocycles. The summed E-state index contributed by atoms with van der Waals surface area (Å²) < 4.78 is 0. The average molecular weight is 316 g/mol. The summed E-state index contributed by atoms with van der Waals surface area (Å²) in [6.45, 7) is 3.86. The van der Waals surface area contributed by atoms with Gasteiger partial charge in [-0.25, -0.2) is 0 Å². The van der Waals surface area contributed by atoms with E-state index in [0.29, 0.717) is 17.7 Å². The van der Waals surface area contributed by atoms with E-state index in [1.54, 1.807) is 6.07 Å². The summed E-state index contributed by atoms with van der Waals surface area (Å²) in [4.78, 5) is 26.2. The third-order valence-corrected chi connectivity index (χ3v) is 4.29. The molecule has 1 aromatic rings. The third-order valence-electron chi connectivity index (χ3n) is 4.29. The number of hydrogen-bond acceptors (Lipinski definition) is 2. The number of likely N-dealkylation sites (tertiary alicyclic amines) is 1. The molecule has 0 radical (unpaired) electrons. The normalized spacial score (nSPS) is 14.0. The number of amides is 2. The van der Waals surface area contributed by atoms with Crippen LogP contribution < -0.4 is 5.32 Å². The lowest BCUT2D eigenvalue weighted by Crippen LogP contribution is -2.27. The third kappa shape index (κ3) is 5.70. The number of nitrogens with one attached hydrogen (secondary N) is 1. The van der Waals surface area contributed by atoms with E-state index in [1.807, 2.05) is 23.1 Å². The Morgan fingerprint density at radius 3 is 2.57 bits per heavy atom. The van der Waals surface area contributed by atoms with E-state index in [9.17, 15) is 9.59 Å². The fraction of sp³-hybridized carbons (Fsp3) is 0.579. The van der Waals surface area contributed by atoms with E-state index < -0.39 is 0 Å². The number of unbranched alkanes of at least 4 members (excludes halogenated alkanes) is 4. The molecule has 2 amide bonds. The van der Waals surface area contributed by atoms with Gasteiger partial charge in [-0.3, -0.25) is 9.59 Å². The van der Waals surface area contributed by atoms with Gasteiger partial charge >= 0.3 is 0 Å². The van der Waals surface area contributed by atoms with Crippen molar-refractivity contribution in [3.8, 4) is 0 Å². The first kappa shape index (κ1) is 17.5. The standard InChI is InChI=1S/C19H28N2O2/c1-2-3-4-5-6-12-18(22)20-17-11-9-10-16(15-17)19(23)21-13-7-8-14-21/h9-11,15H,2-8,12-14H2,1H3,(H,20,22). The summed E-state index contributed by atoms with van der Waals surface area (Å²) >= 11 is 0. The van der Waals surface area contributed by atoms with Gasteiger partial charge in [0.25, 0.3) is 5.91 Å². The Balaban J connectivity index is 1.82. The fourth-order valence-electron chi connectivity index (χ4n) is 2.95. The van der Waals surface area contributed by atoms with Gasteiger partial charge in [0.05, 0.1) is 0 Å². The van der Waals surface area contributed by atoms with Crippen molar-refractivity contribution < 1.29 is 9.59 Å². The van der Waals surface area contributed by atoms with E-state index >= 15 is 0 Å². The highest BCUT2D eigenvalue weighted by molar-refractivity contribution is 5.97. The monoisotopic (exact) mass is 316 g/mol. The zero-order chi connectivity index (χ0) is 16.5. The summed E-state index contributed by atoms with van der Waals surface area (Å²) in [7, 11) is 0. The molecular formula is C19H28N2O2. The lowest BCUT2D eigenvalue weighted by molar-refractivity contribution is -0.116. The maximum absolute atomic E-state index is 12.4. The van der Waals surface area contributed by atoms with Crippen LogP contribution in [0.2, 0.25) is 0 Å². The molecule has 4 nitrogen and oxygen atoms in total. The smallest absolute Gasteiger partial charge is 0.253 e. The minimum Gasteiger partial charge on any atom is -0.339 e. The van der Waals surface area contributed by atoms with Gasteiger partial charge in [0.15, 0.2) is 0 Å². The molecule has 126 valence electrons. The van der Waals surface area contributed by atoms with Gasteiger partial charge in [0.2, 0.25) is 5.91 Å². The lowest BCUT2D eigenvalue weighted by Gasteiger charge is -2.15. The highest BCUT2D eigenvalue weighted by Crippen LogP contribution is 2.17. The number of carbonyl (C=O) groups is 2. The number of rotatable bonds is 8. The Labute approximate surface area is 139 Å². The molecule has 1 fully saturated rings. The van der Waals surface area contributed by atoms with Crippen LogP contribution in [0.3, 0.4) is 0 Å². The van der Waals surface area contributed by atoms with Gasteiger partial charge in [0.1, 0.15) is 0 Å². The number of nitrogens with zero attached hydrogens (tertiary/aromatic N) is 1. The highest BCUT2D eigenvalue weighted by atomic mass is 16.2. The van der Waals surface area contributed by atoms with Crippen LogP contribution in [0.5, 0.6) is 0 Å². The Kier molecular flexibility index (Phi) is 7.11. The van der Waals surface area contributed by atoms with Crippen molar-refractivity contribution in [3.63, 3.8) is 0 Å². The lowest BCUT2D eigenvalue weighted by atomic mass is 10.1. The summed E-state index contributed by atoms with van der Waals surface area (Å²) in [6.07, 6.45) is 8.40. The first-order chi connectivity index (χ1) is 11.2. The molecular weight excluding hydrogens is 288 g/mol. The first-order valence-corrected chi connectivity index (χ1v) is 8.90. The van der Waals surface area contributed by atoms with Crippen LogP contribution >= 0.6 is 0 Å². The van der Waals surface area contributed by atoms with Crippen molar-refractivity contribution in [2.75, 3.05) is 18.4 Å². The number of hydrogen-bond donors (Lipinski definition) is 1. The molecule has 0 spiro atoms. The molecule has 1 N–H and O–H groups in total. The molecule has 1 aliphatic heterocycles. The molecule has 0 saturated carbocycles. The molecule has 1 aromatic carbocycles. The minimum absolute atomic E-state index is 0.0345. The maximum atomic E-state index is 12.4. The summed E-state index contributed by atoms with van der Waals surface area (Å²) in [5.74, 6) is 0.102. The predicted molar refractivity (Wildman–Crippen MR) is 93.6 cm³/mol. The predicted octanol–water partition coefficient (Wildman–Crippen LogP) is 4.22. The van der Waals surface area contributed by atoms with E-state index in [1.165, 1.54) is 19.3 Å². The van der Waals surface area contributed by atoms with Crippen LogP contribution in [0.15, 0.2) is 24.3 Å². The molecule has 1 heterocycles. The number of carbonyl (C=O) groups excluding carboxylic acids is 2. The molecule has 0 atom stereocenters. The topological polar surface area (TPSA) is 49.4 Å². The second-order valence-electron chi connectivity index (χ2n) is 6.29. The van der Waals surface area contributed by atoms with E-state index in [0.717, 1.165) is 38.8 Å². The van der Waals surface area contributed by atoms with E-state index in [2.05, 4.69) is 12.2 Å². The average Bonchev–Trinajstić information content (AvgIpc) is 3.08. The molecule has 0 bridgehead atoms. The summed E-state index contributed by atoms with van der Waals surface area (Å²) in [5, 5.41) is 2.91. The first-order valence-electron chi connectivity index (χ1n) is 8.90. The summed E-state index contributed by atoms with van der Waals surface area (Å²) in [5.41, 5.74) is 1.38. The molecule has 0 aliphatic carbocycles. The van der Waals surface area contributed by atoms with Gasteiger partial charge in [-0.05, 0) is 37.5 Å². The van der Waals surface area contributed by atoms with Gasteiger partial charge < -0.3 is 10.2 Å². The number of anilines is 1. The van der Waals surface area contributed by atoms with Crippen LogP contribution in [-0.4, -0.2) is 29.8 Å². The number of benzene rings is 1. The maximum Gasteiger partial charge on any atom is 0.253 e. The Morgan fingerprint density at radius 1 is 1.09 bits per heavy atom. The molecule has 1 saturated heterocycles. The van der Waals surface area contributed by atoms with Crippen molar-refractivity contribution in [3.05, 3.63) is 29.8 Å².